The van der Waals surface area contributed by atoms with Crippen LogP contribution in [0.2, 0.25) is 0 Å². The molecule has 84 valence electrons. The van der Waals surface area contributed by atoms with E-state index in [-0.39, 0.29) is 0 Å². The molecule has 0 atom stereocenters. The molecule has 0 saturated carbocycles. The van der Waals surface area contributed by atoms with E-state index in [4.69, 9.17) is 11.0 Å². The van der Waals surface area contributed by atoms with Gasteiger partial charge in [-0.1, -0.05) is 29.5 Å². The van der Waals surface area contributed by atoms with E-state index < -0.39 is 0 Å². The van der Waals surface area contributed by atoms with Crippen LogP contribution in [0.25, 0.3) is 0 Å². The molecule has 0 unspecified atom stereocenters. The SMILES string of the molecule is Cc1cccc(Sc2ncc(C#N)cc2N)c1. The molecular weight excluding hydrogens is 230 g/mol. The van der Waals surface area contributed by atoms with Gasteiger partial charge in [-0.3, -0.25) is 0 Å². The van der Waals surface area contributed by atoms with Crippen molar-refractivity contribution in [2.45, 2.75) is 16.8 Å². The highest BCUT2D eigenvalue weighted by molar-refractivity contribution is 7.99. The van der Waals surface area contributed by atoms with E-state index in [2.05, 4.69) is 11.1 Å². The lowest BCUT2D eigenvalue weighted by atomic mass is 10.2. The van der Waals surface area contributed by atoms with Crippen molar-refractivity contribution < 1.29 is 0 Å². The Bertz CT molecular complexity index is 587. The van der Waals surface area contributed by atoms with Crippen LogP contribution in [0.5, 0.6) is 0 Å². The molecule has 0 fully saturated rings. The number of aromatic nitrogens is 1. The van der Waals surface area contributed by atoms with Gasteiger partial charge in [-0.25, -0.2) is 4.98 Å². The fraction of sp³-hybridized carbons (Fsp3) is 0.0769. The van der Waals surface area contributed by atoms with Gasteiger partial charge in [0.1, 0.15) is 11.1 Å². The van der Waals surface area contributed by atoms with E-state index in [0.717, 1.165) is 9.92 Å². The van der Waals surface area contributed by atoms with Gasteiger partial charge in [-0.2, -0.15) is 5.26 Å². The van der Waals surface area contributed by atoms with Crippen LogP contribution in [0.3, 0.4) is 0 Å². The lowest BCUT2D eigenvalue weighted by Gasteiger charge is -2.05. The molecule has 1 heterocycles. The third-order valence-electron chi connectivity index (χ3n) is 2.21. The number of hydrogen-bond donors (Lipinski definition) is 1. The maximum atomic E-state index is 8.73. The molecule has 2 N–H and O–H groups in total. The molecule has 0 aliphatic heterocycles. The Labute approximate surface area is 104 Å². The molecule has 0 bridgehead atoms. The highest BCUT2D eigenvalue weighted by atomic mass is 32.2. The quantitative estimate of drug-likeness (QED) is 0.878. The maximum absolute atomic E-state index is 8.73. The minimum Gasteiger partial charge on any atom is -0.396 e. The fourth-order valence-corrected chi connectivity index (χ4v) is 2.30. The summed E-state index contributed by atoms with van der Waals surface area (Å²) in [4.78, 5) is 5.28. The van der Waals surface area contributed by atoms with Crippen LogP contribution in [-0.4, -0.2) is 4.98 Å². The first-order valence-corrected chi connectivity index (χ1v) is 5.91. The number of hydrogen-bond acceptors (Lipinski definition) is 4. The number of nitrogens with zero attached hydrogens (tertiary/aromatic N) is 2. The summed E-state index contributed by atoms with van der Waals surface area (Å²) < 4.78 is 0. The largest absolute Gasteiger partial charge is 0.396 e. The molecule has 0 radical (unpaired) electrons. The van der Waals surface area contributed by atoms with Gasteiger partial charge in [0.15, 0.2) is 0 Å². The highest BCUT2D eigenvalue weighted by Crippen LogP contribution is 2.30. The van der Waals surface area contributed by atoms with E-state index in [1.54, 1.807) is 6.07 Å². The van der Waals surface area contributed by atoms with Crippen LogP contribution in [-0.2, 0) is 0 Å². The van der Waals surface area contributed by atoms with Gasteiger partial charge >= 0.3 is 0 Å². The normalized spacial score (nSPS) is 9.88. The summed E-state index contributed by atoms with van der Waals surface area (Å²) in [6.07, 6.45) is 1.54. The van der Waals surface area contributed by atoms with Crippen LogP contribution in [0.4, 0.5) is 5.69 Å². The molecule has 3 nitrogen and oxygen atoms in total. The second-order valence-corrected chi connectivity index (χ2v) is 4.71. The van der Waals surface area contributed by atoms with Gasteiger partial charge < -0.3 is 5.73 Å². The summed E-state index contributed by atoms with van der Waals surface area (Å²) in [6.45, 7) is 2.04. The maximum Gasteiger partial charge on any atom is 0.124 e. The Kier molecular flexibility index (Phi) is 3.31. The molecule has 0 spiro atoms. The first-order chi connectivity index (χ1) is 8.19. The summed E-state index contributed by atoms with van der Waals surface area (Å²) in [7, 11) is 0. The topological polar surface area (TPSA) is 62.7 Å². The molecule has 17 heavy (non-hydrogen) atoms. The number of nitrogens with two attached hydrogens (primary N) is 1. The number of benzene rings is 1. The second kappa shape index (κ2) is 4.89. The van der Waals surface area contributed by atoms with E-state index in [1.807, 2.05) is 31.2 Å². The van der Waals surface area contributed by atoms with Crippen molar-refractivity contribution >= 4 is 17.4 Å². The third-order valence-corrected chi connectivity index (χ3v) is 3.24. The van der Waals surface area contributed by atoms with Crippen molar-refractivity contribution in [2.75, 3.05) is 5.73 Å². The standard InChI is InChI=1S/C13H11N3S/c1-9-3-2-4-11(5-9)17-13-12(15)6-10(7-14)8-16-13/h2-6,8H,15H2,1H3. The van der Waals surface area contributed by atoms with Crippen molar-refractivity contribution in [1.29, 1.82) is 5.26 Å². The van der Waals surface area contributed by atoms with Gasteiger partial charge in [0.2, 0.25) is 0 Å². The molecule has 0 amide bonds. The van der Waals surface area contributed by atoms with E-state index in [0.29, 0.717) is 11.3 Å². The Morgan fingerprint density at radius 2 is 2.18 bits per heavy atom. The van der Waals surface area contributed by atoms with Crippen molar-refractivity contribution in [3.05, 3.63) is 47.7 Å². The lowest BCUT2D eigenvalue weighted by molar-refractivity contribution is 1.13. The zero-order valence-corrected chi connectivity index (χ0v) is 10.2. The van der Waals surface area contributed by atoms with E-state index in [1.165, 1.54) is 23.5 Å². The highest BCUT2D eigenvalue weighted by Gasteiger charge is 2.04. The predicted octanol–water partition coefficient (Wildman–Crippen LogP) is 3.00. The molecule has 0 aliphatic rings. The smallest absolute Gasteiger partial charge is 0.124 e. The van der Waals surface area contributed by atoms with Crippen LogP contribution >= 0.6 is 11.8 Å². The van der Waals surface area contributed by atoms with Gasteiger partial charge in [-0.15, -0.1) is 0 Å². The van der Waals surface area contributed by atoms with Gasteiger partial charge in [0.25, 0.3) is 0 Å². The first-order valence-electron chi connectivity index (χ1n) is 5.09. The number of nitrogen functional groups attached to an aromatic ring is 1. The minimum absolute atomic E-state index is 0.482. The van der Waals surface area contributed by atoms with Gasteiger partial charge in [-0.05, 0) is 25.1 Å². The summed E-state index contributed by atoms with van der Waals surface area (Å²) in [6, 6.07) is 11.8. The van der Waals surface area contributed by atoms with Crippen molar-refractivity contribution in [3.8, 4) is 6.07 Å². The number of rotatable bonds is 2. The van der Waals surface area contributed by atoms with E-state index in [9.17, 15) is 0 Å². The van der Waals surface area contributed by atoms with Crippen LogP contribution in [0, 0.1) is 18.3 Å². The number of aryl methyl sites for hydroxylation is 1. The average Bonchev–Trinajstić information content (AvgIpc) is 2.32. The third kappa shape index (κ3) is 2.77. The lowest BCUT2D eigenvalue weighted by Crippen LogP contribution is -1.93. The summed E-state index contributed by atoms with van der Waals surface area (Å²) in [5, 5.41) is 9.46. The van der Waals surface area contributed by atoms with Crippen LogP contribution < -0.4 is 5.73 Å². The summed E-state index contributed by atoms with van der Waals surface area (Å²) >= 11 is 1.50. The number of pyridine rings is 1. The predicted molar refractivity (Wildman–Crippen MR) is 68.7 cm³/mol. The molecule has 0 saturated heterocycles. The molecule has 2 rings (SSSR count). The number of anilines is 1. The van der Waals surface area contributed by atoms with Crippen LogP contribution in [0.1, 0.15) is 11.1 Å². The Hall–Kier alpha value is -1.99. The molecule has 1 aromatic carbocycles. The average molecular weight is 241 g/mol. The molecule has 0 aliphatic carbocycles. The number of nitriles is 1. The summed E-state index contributed by atoms with van der Waals surface area (Å²) in [5.41, 5.74) is 8.06. The monoisotopic (exact) mass is 241 g/mol. The van der Waals surface area contributed by atoms with Gasteiger partial charge in [0.05, 0.1) is 11.3 Å². The van der Waals surface area contributed by atoms with Crippen molar-refractivity contribution in [3.63, 3.8) is 0 Å². The Morgan fingerprint density at radius 3 is 2.82 bits per heavy atom. The van der Waals surface area contributed by atoms with Gasteiger partial charge in [0, 0.05) is 11.1 Å². The summed E-state index contributed by atoms with van der Waals surface area (Å²) in [5.74, 6) is 0. The van der Waals surface area contributed by atoms with Crippen LogP contribution in [0.15, 0.2) is 46.5 Å². The van der Waals surface area contributed by atoms with Crippen molar-refractivity contribution in [1.82, 2.24) is 4.98 Å². The van der Waals surface area contributed by atoms with Crippen molar-refractivity contribution in [2.24, 2.45) is 0 Å². The Morgan fingerprint density at radius 1 is 1.35 bits per heavy atom. The van der Waals surface area contributed by atoms with E-state index >= 15 is 0 Å². The molecule has 4 heteroatoms. The minimum atomic E-state index is 0.482. The zero-order chi connectivity index (χ0) is 12.3. The first kappa shape index (κ1) is 11.5. The Balaban J connectivity index is 2.28. The second-order valence-electron chi connectivity index (χ2n) is 3.65. The molecule has 2 aromatic rings. The molecular formula is C13H11N3S. The molecule has 1 aromatic heterocycles. The fourth-order valence-electron chi connectivity index (χ4n) is 1.41. The zero-order valence-electron chi connectivity index (χ0n) is 9.34.